The van der Waals surface area contributed by atoms with Gasteiger partial charge in [0.15, 0.2) is 0 Å². The molecule has 0 heterocycles. The van der Waals surface area contributed by atoms with Gasteiger partial charge in [-0.3, -0.25) is 4.90 Å². The van der Waals surface area contributed by atoms with Crippen molar-refractivity contribution in [2.24, 2.45) is 0 Å². The van der Waals surface area contributed by atoms with Gasteiger partial charge >= 0.3 is 0 Å². The molecule has 0 unspecified atom stereocenters. The molecule has 11 heavy (non-hydrogen) atoms. The van der Waals surface area contributed by atoms with E-state index in [0.717, 1.165) is 17.1 Å². The van der Waals surface area contributed by atoms with Crippen LogP contribution in [0.25, 0.3) is 0 Å². The Balaban J connectivity index is 2.28. The van der Waals surface area contributed by atoms with Crippen molar-refractivity contribution in [3.05, 3.63) is 11.1 Å². The second-order valence-electron chi connectivity index (χ2n) is 3.37. The van der Waals surface area contributed by atoms with E-state index in [0.29, 0.717) is 0 Å². The van der Waals surface area contributed by atoms with Crippen molar-refractivity contribution in [3.63, 3.8) is 0 Å². The van der Waals surface area contributed by atoms with E-state index < -0.39 is 0 Å². The highest BCUT2D eigenvalue weighted by atomic mass is 79.9. The number of halogens is 1. The molecule has 0 spiro atoms. The lowest BCUT2D eigenvalue weighted by Gasteiger charge is -2.23. The maximum absolute atomic E-state index is 3.84. The molecule has 0 amide bonds. The average Bonchev–Trinajstić information content (AvgIpc) is 2.35. The molecule has 0 N–H and O–H groups in total. The monoisotopic (exact) mass is 217 g/mol. The summed E-state index contributed by atoms with van der Waals surface area (Å²) in [5, 5.41) is 0. The summed E-state index contributed by atoms with van der Waals surface area (Å²) in [6.45, 7) is 4.83. The van der Waals surface area contributed by atoms with Crippen LogP contribution in [0.5, 0.6) is 0 Å². The van der Waals surface area contributed by atoms with Crippen molar-refractivity contribution in [2.75, 3.05) is 13.6 Å². The molecule has 0 radical (unpaired) electrons. The first-order valence-corrected chi connectivity index (χ1v) is 5.03. The predicted octanol–water partition coefficient (Wildman–Crippen LogP) is 2.77. The van der Waals surface area contributed by atoms with Gasteiger partial charge in [0, 0.05) is 17.1 Å². The first-order valence-electron chi connectivity index (χ1n) is 4.23. The molecular weight excluding hydrogens is 202 g/mol. The van der Waals surface area contributed by atoms with E-state index in [-0.39, 0.29) is 0 Å². The van der Waals surface area contributed by atoms with Crippen molar-refractivity contribution in [1.29, 1.82) is 0 Å². The fourth-order valence-corrected chi connectivity index (χ4v) is 2.14. The minimum absolute atomic E-state index is 0.810. The van der Waals surface area contributed by atoms with E-state index in [4.69, 9.17) is 0 Å². The Morgan fingerprint density at radius 3 is 2.55 bits per heavy atom. The molecule has 64 valence electrons. The van der Waals surface area contributed by atoms with Crippen LogP contribution < -0.4 is 0 Å². The Labute approximate surface area is 77.6 Å². The maximum atomic E-state index is 3.84. The van der Waals surface area contributed by atoms with E-state index in [1.165, 1.54) is 25.7 Å². The molecular formula is C9H16BrN. The molecule has 1 aliphatic rings. The third-order valence-electron chi connectivity index (χ3n) is 2.37. The average molecular weight is 218 g/mol. The van der Waals surface area contributed by atoms with E-state index in [2.05, 4.69) is 34.5 Å². The zero-order valence-corrected chi connectivity index (χ0v) is 8.73. The number of nitrogens with zero attached hydrogens (tertiary/aromatic N) is 1. The summed E-state index contributed by atoms with van der Waals surface area (Å²) in [6, 6.07) is 0.810. The highest BCUT2D eigenvalue weighted by Crippen LogP contribution is 2.23. The lowest BCUT2D eigenvalue weighted by atomic mass is 10.2. The number of hydrogen-bond acceptors (Lipinski definition) is 1. The predicted molar refractivity (Wildman–Crippen MR) is 53.0 cm³/mol. The molecule has 0 aromatic heterocycles. The van der Waals surface area contributed by atoms with E-state index in [1.807, 2.05) is 0 Å². The zero-order valence-electron chi connectivity index (χ0n) is 7.15. The third kappa shape index (κ3) is 2.96. The zero-order chi connectivity index (χ0) is 8.27. The van der Waals surface area contributed by atoms with E-state index in [1.54, 1.807) is 0 Å². The highest BCUT2D eigenvalue weighted by Gasteiger charge is 2.18. The molecule has 0 aromatic carbocycles. The molecule has 1 fully saturated rings. The molecule has 0 aliphatic heterocycles. The Bertz CT molecular complexity index is 138. The van der Waals surface area contributed by atoms with Crippen LogP contribution in [0, 0.1) is 0 Å². The van der Waals surface area contributed by atoms with Gasteiger partial charge in [-0.05, 0) is 19.9 Å². The van der Waals surface area contributed by atoms with Crippen LogP contribution in [0.3, 0.4) is 0 Å². The van der Waals surface area contributed by atoms with Gasteiger partial charge in [-0.2, -0.15) is 0 Å². The van der Waals surface area contributed by atoms with Gasteiger partial charge in [-0.1, -0.05) is 35.4 Å². The third-order valence-corrected chi connectivity index (χ3v) is 2.62. The van der Waals surface area contributed by atoms with Gasteiger partial charge in [0.05, 0.1) is 0 Å². The second-order valence-corrected chi connectivity index (χ2v) is 4.49. The first-order chi connectivity index (χ1) is 5.20. The highest BCUT2D eigenvalue weighted by molar-refractivity contribution is 9.11. The molecule has 1 rings (SSSR count). The van der Waals surface area contributed by atoms with Gasteiger partial charge < -0.3 is 0 Å². The summed E-state index contributed by atoms with van der Waals surface area (Å²) < 4.78 is 1.09. The Morgan fingerprint density at radius 1 is 1.55 bits per heavy atom. The lowest BCUT2D eigenvalue weighted by Crippen LogP contribution is -2.29. The molecule has 1 nitrogen and oxygen atoms in total. The summed E-state index contributed by atoms with van der Waals surface area (Å²) in [5.74, 6) is 0. The smallest absolute Gasteiger partial charge is 0.0293 e. The van der Waals surface area contributed by atoms with Gasteiger partial charge in [-0.25, -0.2) is 0 Å². The fraction of sp³-hybridized carbons (Fsp3) is 0.778. The molecule has 1 aliphatic carbocycles. The second kappa shape index (κ2) is 4.27. The summed E-state index contributed by atoms with van der Waals surface area (Å²) in [7, 11) is 2.18. The molecule has 0 aromatic rings. The topological polar surface area (TPSA) is 3.24 Å². The summed E-state index contributed by atoms with van der Waals surface area (Å²) in [4.78, 5) is 2.39. The first kappa shape index (κ1) is 9.27. The Hall–Kier alpha value is 0.180. The minimum Gasteiger partial charge on any atom is -0.299 e. The van der Waals surface area contributed by atoms with Crippen molar-refractivity contribution in [2.45, 2.75) is 31.7 Å². The molecule has 2 heteroatoms. The quantitative estimate of drug-likeness (QED) is 0.704. The summed E-state index contributed by atoms with van der Waals surface area (Å²) in [6.07, 6.45) is 5.56. The summed E-state index contributed by atoms with van der Waals surface area (Å²) in [5.41, 5.74) is 0. The summed E-state index contributed by atoms with van der Waals surface area (Å²) >= 11 is 3.39. The Morgan fingerprint density at radius 2 is 2.09 bits per heavy atom. The molecule has 1 saturated carbocycles. The molecule has 0 atom stereocenters. The van der Waals surface area contributed by atoms with Crippen LogP contribution in [0.1, 0.15) is 25.7 Å². The Kier molecular flexibility index (Phi) is 3.60. The number of hydrogen-bond donors (Lipinski definition) is 0. The van der Waals surface area contributed by atoms with Gasteiger partial charge in [0.2, 0.25) is 0 Å². The van der Waals surface area contributed by atoms with Gasteiger partial charge in [0.25, 0.3) is 0 Å². The minimum atomic E-state index is 0.810. The van der Waals surface area contributed by atoms with Crippen LogP contribution >= 0.6 is 15.9 Å². The van der Waals surface area contributed by atoms with Gasteiger partial charge in [-0.15, -0.1) is 0 Å². The van der Waals surface area contributed by atoms with Crippen molar-refractivity contribution < 1.29 is 0 Å². The van der Waals surface area contributed by atoms with Crippen molar-refractivity contribution >= 4 is 15.9 Å². The number of likely N-dealkylation sites (N-methyl/N-ethyl adjacent to an activating group) is 1. The lowest BCUT2D eigenvalue weighted by molar-refractivity contribution is 0.270. The molecule has 0 bridgehead atoms. The van der Waals surface area contributed by atoms with Crippen molar-refractivity contribution in [3.8, 4) is 0 Å². The SMILES string of the molecule is C=C(Br)CN(C)C1CCCC1. The van der Waals surface area contributed by atoms with Crippen LogP contribution in [0.2, 0.25) is 0 Å². The van der Waals surface area contributed by atoms with Crippen LogP contribution in [-0.2, 0) is 0 Å². The van der Waals surface area contributed by atoms with Crippen molar-refractivity contribution in [1.82, 2.24) is 4.90 Å². The van der Waals surface area contributed by atoms with Gasteiger partial charge in [0.1, 0.15) is 0 Å². The standard InChI is InChI=1S/C9H16BrN/c1-8(10)7-11(2)9-5-3-4-6-9/h9H,1,3-7H2,2H3. The van der Waals surface area contributed by atoms with E-state index >= 15 is 0 Å². The van der Waals surface area contributed by atoms with Crippen LogP contribution in [0.15, 0.2) is 11.1 Å². The van der Waals surface area contributed by atoms with Crippen LogP contribution in [0.4, 0.5) is 0 Å². The van der Waals surface area contributed by atoms with Crippen LogP contribution in [-0.4, -0.2) is 24.5 Å². The fourth-order valence-electron chi connectivity index (χ4n) is 1.74. The van der Waals surface area contributed by atoms with E-state index in [9.17, 15) is 0 Å². The molecule has 0 saturated heterocycles. The maximum Gasteiger partial charge on any atom is 0.0293 e. The largest absolute Gasteiger partial charge is 0.299 e. The normalized spacial score (nSPS) is 19.5. The number of rotatable bonds is 3.